The van der Waals surface area contributed by atoms with Crippen LogP contribution in [0.25, 0.3) is 28.2 Å². The van der Waals surface area contributed by atoms with Crippen molar-refractivity contribution in [2.75, 3.05) is 19.7 Å². The van der Waals surface area contributed by atoms with Crippen LogP contribution in [0, 0.1) is 0 Å². The number of hydrogen-bond acceptors (Lipinski definition) is 7. The largest absolute Gasteiger partial charge is 0.464 e. The summed E-state index contributed by atoms with van der Waals surface area (Å²) in [5.41, 5.74) is 6.99. The molecular formula is C47H47N7O2. The zero-order valence-corrected chi connectivity index (χ0v) is 32.5. The molecule has 0 fully saturated rings. The minimum Gasteiger partial charge on any atom is -0.464 e. The predicted octanol–water partition coefficient (Wildman–Crippen LogP) is 8.64. The van der Waals surface area contributed by atoms with Gasteiger partial charge in [-0.25, -0.2) is 14.5 Å². The summed E-state index contributed by atoms with van der Waals surface area (Å²) in [5, 5.41) is 13.9. The maximum atomic E-state index is 13.8. The van der Waals surface area contributed by atoms with Crippen LogP contribution in [-0.2, 0) is 33.5 Å². The summed E-state index contributed by atoms with van der Waals surface area (Å²) >= 11 is 0. The fraction of sp³-hybridized carbons (Fsp3) is 0.255. The molecule has 9 heteroatoms. The molecule has 1 unspecified atom stereocenters. The number of benzene rings is 5. The Morgan fingerprint density at radius 1 is 0.750 bits per heavy atom. The van der Waals surface area contributed by atoms with Gasteiger partial charge in [-0.3, -0.25) is 9.47 Å². The summed E-state index contributed by atoms with van der Waals surface area (Å²) in [6, 6.07) is 48.2. The Hall–Kier alpha value is -6.19. The van der Waals surface area contributed by atoms with E-state index in [0.29, 0.717) is 12.4 Å². The number of tetrazole rings is 1. The first-order valence-electron chi connectivity index (χ1n) is 19.7. The van der Waals surface area contributed by atoms with Crippen molar-refractivity contribution in [3.8, 4) is 28.2 Å². The number of hydrogen-bond donors (Lipinski definition) is 0. The molecule has 0 bridgehead atoms. The Labute approximate surface area is 328 Å². The topological polar surface area (TPSA) is 91.0 Å². The average Bonchev–Trinajstić information content (AvgIpc) is 3.89. The van der Waals surface area contributed by atoms with E-state index in [0.717, 1.165) is 88.6 Å². The van der Waals surface area contributed by atoms with Crippen molar-refractivity contribution in [1.82, 2.24) is 34.7 Å². The van der Waals surface area contributed by atoms with Gasteiger partial charge < -0.3 is 4.74 Å². The number of aryl methyl sites for hydroxylation is 1. The summed E-state index contributed by atoms with van der Waals surface area (Å²) in [5.74, 6) is 1.35. The maximum absolute atomic E-state index is 13.8. The standard InChI is InChI=1S/C47H47N7O2/c1-5-19-42-48-41-32-33-52(6-2)46(4,45(55)56-7-3)43(41)53(42)38-30-28-34(29-31-38)39-26-17-18-27-40(39)44-49-50-51-54(44)47(35-20-11-8-12-21-35,36-22-13-9-14-23-36)37-24-15-10-16-25-37/h8-18,20-31H,5-7,19,32-33H2,1-4H3. The van der Waals surface area contributed by atoms with E-state index >= 15 is 0 Å². The number of carbonyl (C=O) groups is 1. The van der Waals surface area contributed by atoms with Gasteiger partial charge >= 0.3 is 5.97 Å². The maximum Gasteiger partial charge on any atom is 0.332 e. The van der Waals surface area contributed by atoms with Gasteiger partial charge in [-0.15, -0.1) is 5.10 Å². The highest BCUT2D eigenvalue weighted by atomic mass is 16.5. The first-order chi connectivity index (χ1) is 27.5. The van der Waals surface area contributed by atoms with E-state index in [2.05, 4.69) is 144 Å². The zero-order valence-electron chi connectivity index (χ0n) is 32.5. The third-order valence-corrected chi connectivity index (χ3v) is 11.2. The number of rotatable bonds is 12. The van der Waals surface area contributed by atoms with Crippen molar-refractivity contribution >= 4 is 5.97 Å². The third-order valence-electron chi connectivity index (χ3n) is 11.2. The molecule has 5 aromatic carbocycles. The fourth-order valence-corrected chi connectivity index (χ4v) is 8.65. The van der Waals surface area contributed by atoms with Gasteiger partial charge in [0.05, 0.1) is 18.0 Å². The molecule has 2 aromatic heterocycles. The monoisotopic (exact) mass is 741 g/mol. The first kappa shape index (κ1) is 36.8. The van der Waals surface area contributed by atoms with Crippen LogP contribution in [0.4, 0.5) is 0 Å². The Bertz CT molecular complexity index is 2330. The van der Waals surface area contributed by atoms with E-state index in [4.69, 9.17) is 20.0 Å². The van der Waals surface area contributed by atoms with Crippen molar-refractivity contribution in [3.63, 3.8) is 0 Å². The molecule has 0 aliphatic carbocycles. The van der Waals surface area contributed by atoms with Gasteiger partial charge in [-0.2, -0.15) is 0 Å². The number of carbonyl (C=O) groups excluding carboxylic acids is 1. The summed E-state index contributed by atoms with van der Waals surface area (Å²) in [6.07, 6.45) is 2.50. The van der Waals surface area contributed by atoms with Crippen LogP contribution in [-0.4, -0.2) is 60.3 Å². The van der Waals surface area contributed by atoms with Crippen molar-refractivity contribution in [2.45, 2.75) is 58.0 Å². The summed E-state index contributed by atoms with van der Waals surface area (Å²) in [7, 11) is 0. The van der Waals surface area contributed by atoms with Crippen LogP contribution < -0.4 is 0 Å². The Kier molecular flexibility index (Phi) is 10.2. The van der Waals surface area contributed by atoms with Gasteiger partial charge in [0.1, 0.15) is 11.4 Å². The van der Waals surface area contributed by atoms with Crippen LogP contribution in [0.2, 0.25) is 0 Å². The van der Waals surface area contributed by atoms with Gasteiger partial charge in [-0.05, 0) is 77.2 Å². The van der Waals surface area contributed by atoms with Gasteiger partial charge in [0.25, 0.3) is 0 Å². The lowest BCUT2D eigenvalue weighted by Gasteiger charge is -2.42. The molecule has 1 atom stereocenters. The molecule has 1 aliphatic heterocycles. The average molecular weight is 742 g/mol. The molecule has 1 aliphatic rings. The second-order valence-corrected chi connectivity index (χ2v) is 14.3. The molecular weight excluding hydrogens is 695 g/mol. The molecule has 0 N–H and O–H groups in total. The number of fused-ring (bicyclic) bond motifs is 1. The lowest BCUT2D eigenvalue weighted by atomic mass is 9.77. The number of ether oxygens (including phenoxy) is 1. The van der Waals surface area contributed by atoms with Gasteiger partial charge in [0.2, 0.25) is 0 Å². The van der Waals surface area contributed by atoms with E-state index in [1.165, 1.54) is 0 Å². The fourth-order valence-electron chi connectivity index (χ4n) is 8.65. The predicted molar refractivity (Wildman–Crippen MR) is 219 cm³/mol. The molecule has 0 amide bonds. The SMILES string of the molecule is CCCc1nc2c(n1-c1ccc(-c3ccccc3-c3nnnn3C(c3ccccc3)(c3ccccc3)c3ccccc3)cc1)C(C)(C(=O)OCC)N(CC)CC2. The second-order valence-electron chi connectivity index (χ2n) is 14.3. The second kappa shape index (κ2) is 15.5. The van der Waals surface area contributed by atoms with Crippen LogP contribution in [0.1, 0.15) is 68.0 Å². The lowest BCUT2D eigenvalue weighted by Crippen LogP contribution is -2.55. The lowest BCUT2D eigenvalue weighted by molar-refractivity contribution is -0.159. The number of aromatic nitrogens is 6. The normalized spacial score (nSPS) is 15.7. The summed E-state index contributed by atoms with van der Waals surface area (Å²) in [4.78, 5) is 21.2. The molecule has 0 spiro atoms. The smallest absolute Gasteiger partial charge is 0.332 e. The summed E-state index contributed by atoms with van der Waals surface area (Å²) in [6.45, 7) is 9.91. The van der Waals surface area contributed by atoms with Crippen LogP contribution in [0.5, 0.6) is 0 Å². The van der Waals surface area contributed by atoms with Crippen LogP contribution in [0.3, 0.4) is 0 Å². The molecule has 282 valence electrons. The molecule has 0 saturated carbocycles. The Morgan fingerprint density at radius 2 is 1.32 bits per heavy atom. The number of esters is 1. The number of imidazole rings is 1. The minimum absolute atomic E-state index is 0.243. The van der Waals surface area contributed by atoms with Gasteiger partial charge in [-0.1, -0.05) is 141 Å². The minimum atomic E-state index is -0.970. The molecule has 0 saturated heterocycles. The zero-order chi connectivity index (χ0) is 38.7. The molecule has 7 aromatic rings. The van der Waals surface area contributed by atoms with E-state index in [9.17, 15) is 4.79 Å². The highest BCUT2D eigenvalue weighted by Gasteiger charge is 2.49. The quantitative estimate of drug-likeness (QED) is 0.0915. The van der Waals surface area contributed by atoms with Gasteiger partial charge in [0, 0.05) is 30.6 Å². The molecule has 56 heavy (non-hydrogen) atoms. The number of likely N-dealkylation sites (N-methyl/N-ethyl adjacent to an activating group) is 1. The van der Waals surface area contributed by atoms with Crippen molar-refractivity contribution in [3.05, 3.63) is 173 Å². The van der Waals surface area contributed by atoms with Crippen LogP contribution >= 0.6 is 0 Å². The Morgan fingerprint density at radius 3 is 1.88 bits per heavy atom. The van der Waals surface area contributed by atoms with E-state index in [1.807, 2.05) is 42.8 Å². The molecule has 9 nitrogen and oxygen atoms in total. The van der Waals surface area contributed by atoms with Crippen molar-refractivity contribution in [2.24, 2.45) is 0 Å². The molecule has 0 radical (unpaired) electrons. The highest BCUT2D eigenvalue weighted by Crippen LogP contribution is 2.44. The van der Waals surface area contributed by atoms with Crippen molar-refractivity contribution < 1.29 is 9.53 Å². The third kappa shape index (κ3) is 6.03. The van der Waals surface area contributed by atoms with E-state index in [1.54, 1.807) is 0 Å². The first-order valence-corrected chi connectivity index (χ1v) is 19.7. The summed E-state index contributed by atoms with van der Waals surface area (Å²) < 4.78 is 9.92. The highest BCUT2D eigenvalue weighted by molar-refractivity contribution is 5.83. The van der Waals surface area contributed by atoms with E-state index in [-0.39, 0.29) is 5.97 Å². The van der Waals surface area contributed by atoms with Crippen molar-refractivity contribution in [1.29, 1.82) is 0 Å². The van der Waals surface area contributed by atoms with Crippen LogP contribution in [0.15, 0.2) is 140 Å². The molecule has 8 rings (SSSR count). The number of nitrogens with zero attached hydrogens (tertiary/aromatic N) is 7. The van der Waals surface area contributed by atoms with Gasteiger partial charge in [0.15, 0.2) is 11.4 Å². The van der Waals surface area contributed by atoms with E-state index < -0.39 is 11.1 Å². The molecule has 3 heterocycles. The Balaban J connectivity index is 1.28.